The molecule has 0 radical (unpaired) electrons. The average Bonchev–Trinajstić information content (AvgIpc) is 2.46. The molecule has 0 fully saturated rings. The predicted molar refractivity (Wildman–Crippen MR) is 84.4 cm³/mol. The van der Waals surface area contributed by atoms with Gasteiger partial charge in [0.05, 0.1) is 4.92 Å². The molecule has 114 valence electrons. The molecule has 0 aliphatic heterocycles. The summed E-state index contributed by atoms with van der Waals surface area (Å²) >= 11 is 0. The summed E-state index contributed by atoms with van der Waals surface area (Å²) in [6, 6.07) is 7.90. The molecule has 1 N–H and O–H groups in total. The van der Waals surface area contributed by atoms with Gasteiger partial charge in [0.25, 0.3) is 11.6 Å². The van der Waals surface area contributed by atoms with Crippen molar-refractivity contribution in [3.05, 3.63) is 57.8 Å². The van der Waals surface area contributed by atoms with Gasteiger partial charge in [0.2, 0.25) is 0 Å². The van der Waals surface area contributed by atoms with Crippen LogP contribution < -0.4 is 10.2 Å². The average molecular weight is 300 g/mol. The van der Waals surface area contributed by atoms with Gasteiger partial charge < -0.3 is 10.2 Å². The first kappa shape index (κ1) is 15.4. The maximum atomic E-state index is 12.2. The summed E-state index contributed by atoms with van der Waals surface area (Å²) in [4.78, 5) is 28.5. The SMILES string of the molecule is Cc1ccnc(NC(=O)c2ccc(N(C)C)c([N+](=O)[O-])c2)c1. The van der Waals surface area contributed by atoms with Gasteiger partial charge in [-0.2, -0.15) is 0 Å². The topological polar surface area (TPSA) is 88.4 Å². The van der Waals surface area contributed by atoms with Crippen LogP contribution in [0.5, 0.6) is 0 Å². The molecule has 0 bridgehead atoms. The summed E-state index contributed by atoms with van der Waals surface area (Å²) in [6.45, 7) is 1.88. The molecular weight excluding hydrogens is 284 g/mol. The van der Waals surface area contributed by atoms with Gasteiger partial charge in [-0.25, -0.2) is 4.98 Å². The Labute approximate surface area is 127 Å². The molecule has 0 saturated carbocycles. The standard InChI is InChI=1S/C15H16N4O3/c1-10-6-7-16-14(8-10)17-15(20)11-4-5-12(18(2)3)13(9-11)19(21)22/h4-9H,1-3H3,(H,16,17,20). The number of aromatic nitrogens is 1. The van der Waals surface area contributed by atoms with Crippen LogP contribution in [-0.2, 0) is 0 Å². The molecule has 1 aromatic heterocycles. The lowest BCUT2D eigenvalue weighted by Gasteiger charge is -2.13. The Morgan fingerprint density at radius 3 is 2.59 bits per heavy atom. The lowest BCUT2D eigenvalue weighted by Crippen LogP contribution is -2.15. The molecule has 22 heavy (non-hydrogen) atoms. The second-order valence-electron chi connectivity index (χ2n) is 5.03. The third kappa shape index (κ3) is 3.38. The van der Waals surface area contributed by atoms with E-state index in [2.05, 4.69) is 10.3 Å². The number of benzene rings is 1. The molecular formula is C15H16N4O3. The van der Waals surface area contributed by atoms with Crippen molar-refractivity contribution in [3.63, 3.8) is 0 Å². The predicted octanol–water partition coefficient (Wildman–Crippen LogP) is 2.62. The van der Waals surface area contributed by atoms with Gasteiger partial charge in [-0.1, -0.05) is 0 Å². The van der Waals surface area contributed by atoms with Crippen LogP contribution in [-0.4, -0.2) is 29.9 Å². The van der Waals surface area contributed by atoms with E-state index in [4.69, 9.17) is 0 Å². The van der Waals surface area contributed by atoms with Crippen molar-refractivity contribution in [2.45, 2.75) is 6.92 Å². The Hall–Kier alpha value is -2.96. The number of nitrogens with zero attached hydrogens (tertiary/aromatic N) is 3. The number of anilines is 2. The summed E-state index contributed by atoms with van der Waals surface area (Å²) in [6.07, 6.45) is 1.59. The molecule has 0 unspecified atom stereocenters. The molecule has 0 atom stereocenters. The Kier molecular flexibility index (Phi) is 4.36. The monoisotopic (exact) mass is 300 g/mol. The first-order chi connectivity index (χ1) is 10.4. The number of amides is 1. The number of nitro benzene ring substituents is 1. The highest BCUT2D eigenvalue weighted by Crippen LogP contribution is 2.27. The van der Waals surface area contributed by atoms with Crippen molar-refractivity contribution in [2.24, 2.45) is 0 Å². The lowest BCUT2D eigenvalue weighted by atomic mass is 10.1. The van der Waals surface area contributed by atoms with Crippen molar-refractivity contribution in [1.29, 1.82) is 0 Å². The first-order valence-electron chi connectivity index (χ1n) is 6.58. The van der Waals surface area contributed by atoms with Gasteiger partial charge in [0.1, 0.15) is 11.5 Å². The molecule has 7 nitrogen and oxygen atoms in total. The zero-order valence-electron chi connectivity index (χ0n) is 12.5. The molecule has 0 saturated heterocycles. The molecule has 1 heterocycles. The summed E-state index contributed by atoms with van der Waals surface area (Å²) < 4.78 is 0. The third-order valence-electron chi connectivity index (χ3n) is 3.07. The van der Waals surface area contributed by atoms with Gasteiger partial charge in [-0.3, -0.25) is 14.9 Å². The minimum absolute atomic E-state index is 0.116. The quantitative estimate of drug-likeness (QED) is 0.692. The van der Waals surface area contributed by atoms with Crippen molar-refractivity contribution in [2.75, 3.05) is 24.3 Å². The summed E-state index contributed by atoms with van der Waals surface area (Å²) in [5.74, 6) is -0.0316. The highest BCUT2D eigenvalue weighted by Gasteiger charge is 2.19. The van der Waals surface area contributed by atoms with E-state index in [0.29, 0.717) is 11.5 Å². The maximum Gasteiger partial charge on any atom is 0.293 e. The Morgan fingerprint density at radius 1 is 1.27 bits per heavy atom. The number of pyridine rings is 1. The van der Waals surface area contributed by atoms with Gasteiger partial charge in [-0.15, -0.1) is 0 Å². The van der Waals surface area contributed by atoms with Crippen molar-refractivity contribution in [1.82, 2.24) is 4.98 Å². The Balaban J connectivity index is 2.30. The molecule has 0 aliphatic carbocycles. The van der Waals surface area contributed by atoms with E-state index >= 15 is 0 Å². The molecule has 0 aliphatic rings. The van der Waals surface area contributed by atoms with E-state index in [9.17, 15) is 14.9 Å². The molecule has 2 rings (SSSR count). The van der Waals surface area contributed by atoms with Gasteiger partial charge in [0, 0.05) is 31.9 Å². The van der Waals surface area contributed by atoms with Crippen molar-refractivity contribution < 1.29 is 9.72 Å². The van der Waals surface area contributed by atoms with Crippen LogP contribution in [0.25, 0.3) is 0 Å². The fourth-order valence-electron chi connectivity index (χ4n) is 1.98. The fourth-order valence-corrected chi connectivity index (χ4v) is 1.98. The van der Waals surface area contributed by atoms with E-state index in [0.717, 1.165) is 5.56 Å². The number of nitrogens with one attached hydrogen (secondary N) is 1. The normalized spacial score (nSPS) is 10.1. The van der Waals surface area contributed by atoms with Crippen LogP contribution in [0.4, 0.5) is 17.2 Å². The van der Waals surface area contributed by atoms with Crippen LogP contribution in [0.15, 0.2) is 36.5 Å². The number of hydrogen-bond donors (Lipinski definition) is 1. The summed E-state index contributed by atoms with van der Waals surface area (Å²) in [7, 11) is 3.41. The van der Waals surface area contributed by atoms with Crippen LogP contribution in [0.1, 0.15) is 15.9 Å². The van der Waals surface area contributed by atoms with E-state index in [1.807, 2.05) is 13.0 Å². The molecule has 0 spiro atoms. The number of carbonyl (C=O) groups is 1. The fraction of sp³-hybridized carbons (Fsp3) is 0.200. The van der Waals surface area contributed by atoms with Gasteiger partial charge in [0.15, 0.2) is 0 Å². The smallest absolute Gasteiger partial charge is 0.293 e. The first-order valence-corrected chi connectivity index (χ1v) is 6.58. The number of hydrogen-bond acceptors (Lipinski definition) is 5. The van der Waals surface area contributed by atoms with E-state index in [1.54, 1.807) is 43.4 Å². The highest BCUT2D eigenvalue weighted by atomic mass is 16.6. The molecule has 7 heteroatoms. The van der Waals surface area contributed by atoms with Gasteiger partial charge >= 0.3 is 0 Å². The Bertz CT molecular complexity index is 728. The summed E-state index contributed by atoms with van der Waals surface area (Å²) in [5, 5.41) is 13.8. The Morgan fingerprint density at radius 2 is 2.00 bits per heavy atom. The van der Waals surface area contributed by atoms with E-state index < -0.39 is 10.8 Å². The minimum Gasteiger partial charge on any atom is -0.372 e. The largest absolute Gasteiger partial charge is 0.372 e. The van der Waals surface area contributed by atoms with Crippen molar-refractivity contribution >= 4 is 23.1 Å². The van der Waals surface area contributed by atoms with E-state index in [1.165, 1.54) is 6.07 Å². The van der Waals surface area contributed by atoms with Crippen molar-refractivity contribution in [3.8, 4) is 0 Å². The number of aryl methyl sites for hydroxylation is 1. The zero-order valence-corrected chi connectivity index (χ0v) is 12.5. The van der Waals surface area contributed by atoms with Crippen LogP contribution in [0.3, 0.4) is 0 Å². The maximum absolute atomic E-state index is 12.2. The molecule has 1 aromatic carbocycles. The summed E-state index contributed by atoms with van der Waals surface area (Å²) in [5.41, 5.74) is 1.49. The third-order valence-corrected chi connectivity index (χ3v) is 3.07. The second-order valence-corrected chi connectivity index (χ2v) is 5.03. The highest BCUT2D eigenvalue weighted by molar-refractivity contribution is 6.04. The van der Waals surface area contributed by atoms with Gasteiger partial charge in [-0.05, 0) is 36.8 Å². The van der Waals surface area contributed by atoms with Crippen LogP contribution >= 0.6 is 0 Å². The second kappa shape index (κ2) is 6.21. The zero-order chi connectivity index (χ0) is 16.3. The molecule has 2 aromatic rings. The van der Waals surface area contributed by atoms with Crippen LogP contribution in [0, 0.1) is 17.0 Å². The molecule has 1 amide bonds. The number of rotatable bonds is 4. The van der Waals surface area contributed by atoms with Crippen LogP contribution in [0.2, 0.25) is 0 Å². The number of nitro groups is 1. The lowest BCUT2D eigenvalue weighted by molar-refractivity contribution is -0.384. The number of carbonyl (C=O) groups excluding carboxylic acids is 1. The van der Waals surface area contributed by atoms with E-state index in [-0.39, 0.29) is 11.3 Å². The minimum atomic E-state index is -0.503.